The van der Waals surface area contributed by atoms with E-state index in [1.807, 2.05) is 7.05 Å². The molecule has 1 aliphatic rings. The Bertz CT molecular complexity index is 410. The summed E-state index contributed by atoms with van der Waals surface area (Å²) >= 11 is 1.75. The fourth-order valence-electron chi connectivity index (χ4n) is 2.23. The van der Waals surface area contributed by atoms with E-state index in [4.69, 9.17) is 0 Å². The minimum Gasteiger partial charge on any atom is -0.355 e. The standard InChI is InChI=1S/C14H22N2OS/c1-11-5-8-18-12(11)3-4-13(17)16-10-14(6-7-14)9-15-2/h5,8,15H,3-4,6-7,9-10H2,1-2H3,(H,16,17). The van der Waals surface area contributed by atoms with E-state index in [0.717, 1.165) is 19.5 Å². The van der Waals surface area contributed by atoms with Crippen molar-refractivity contribution in [3.8, 4) is 0 Å². The average molecular weight is 266 g/mol. The summed E-state index contributed by atoms with van der Waals surface area (Å²) in [6.07, 6.45) is 3.95. The van der Waals surface area contributed by atoms with Crippen molar-refractivity contribution in [1.82, 2.24) is 10.6 Å². The van der Waals surface area contributed by atoms with E-state index in [0.29, 0.717) is 11.8 Å². The van der Waals surface area contributed by atoms with Gasteiger partial charge in [-0.05, 0) is 50.2 Å². The van der Waals surface area contributed by atoms with Crippen LogP contribution in [-0.4, -0.2) is 26.0 Å². The highest BCUT2D eigenvalue weighted by Gasteiger charge is 2.41. The summed E-state index contributed by atoms with van der Waals surface area (Å²) < 4.78 is 0. The first-order chi connectivity index (χ1) is 8.65. The van der Waals surface area contributed by atoms with Crippen LogP contribution in [0.2, 0.25) is 0 Å². The highest BCUT2D eigenvalue weighted by molar-refractivity contribution is 7.10. The van der Waals surface area contributed by atoms with E-state index in [-0.39, 0.29) is 5.91 Å². The van der Waals surface area contributed by atoms with E-state index in [1.165, 1.54) is 23.3 Å². The van der Waals surface area contributed by atoms with Gasteiger partial charge < -0.3 is 10.6 Å². The molecule has 0 saturated heterocycles. The van der Waals surface area contributed by atoms with Crippen LogP contribution in [0.5, 0.6) is 0 Å². The molecule has 0 radical (unpaired) electrons. The van der Waals surface area contributed by atoms with Gasteiger partial charge in [-0.3, -0.25) is 4.79 Å². The quantitative estimate of drug-likeness (QED) is 0.793. The van der Waals surface area contributed by atoms with Crippen molar-refractivity contribution < 1.29 is 4.79 Å². The first-order valence-corrected chi connectivity index (χ1v) is 7.47. The van der Waals surface area contributed by atoms with Crippen molar-refractivity contribution in [2.24, 2.45) is 5.41 Å². The lowest BCUT2D eigenvalue weighted by molar-refractivity contribution is -0.121. The number of thiophene rings is 1. The summed E-state index contributed by atoms with van der Waals surface area (Å²) in [5.41, 5.74) is 1.66. The average Bonchev–Trinajstić information content (AvgIpc) is 3.00. The molecule has 1 saturated carbocycles. The lowest BCUT2D eigenvalue weighted by atomic mass is 10.1. The third-order valence-corrected chi connectivity index (χ3v) is 4.80. The molecule has 1 aliphatic carbocycles. The zero-order valence-electron chi connectivity index (χ0n) is 11.2. The molecule has 2 rings (SSSR count). The van der Waals surface area contributed by atoms with E-state index in [9.17, 15) is 4.79 Å². The van der Waals surface area contributed by atoms with E-state index >= 15 is 0 Å². The predicted octanol–water partition coefficient (Wildman–Crippen LogP) is 2.10. The van der Waals surface area contributed by atoms with Crippen molar-refractivity contribution in [3.63, 3.8) is 0 Å². The second-order valence-electron chi connectivity index (χ2n) is 5.33. The van der Waals surface area contributed by atoms with Crippen LogP contribution in [-0.2, 0) is 11.2 Å². The third-order valence-electron chi connectivity index (χ3n) is 3.72. The molecular formula is C14H22N2OS. The Morgan fingerprint density at radius 1 is 1.44 bits per heavy atom. The molecular weight excluding hydrogens is 244 g/mol. The predicted molar refractivity (Wildman–Crippen MR) is 76.0 cm³/mol. The molecule has 2 N–H and O–H groups in total. The normalized spacial score (nSPS) is 16.6. The minimum absolute atomic E-state index is 0.185. The molecule has 1 amide bonds. The second kappa shape index (κ2) is 5.85. The molecule has 1 heterocycles. The van der Waals surface area contributed by atoms with Crippen molar-refractivity contribution in [2.45, 2.75) is 32.6 Å². The van der Waals surface area contributed by atoms with Gasteiger partial charge >= 0.3 is 0 Å². The topological polar surface area (TPSA) is 41.1 Å². The maximum atomic E-state index is 11.8. The molecule has 18 heavy (non-hydrogen) atoms. The van der Waals surface area contributed by atoms with Gasteiger partial charge in [0.05, 0.1) is 0 Å². The van der Waals surface area contributed by atoms with Crippen molar-refractivity contribution in [3.05, 3.63) is 21.9 Å². The highest BCUT2D eigenvalue weighted by atomic mass is 32.1. The van der Waals surface area contributed by atoms with Crippen LogP contribution in [0.15, 0.2) is 11.4 Å². The molecule has 3 nitrogen and oxygen atoms in total. The molecule has 1 aromatic rings. The Morgan fingerprint density at radius 2 is 2.22 bits per heavy atom. The zero-order chi connectivity index (χ0) is 13.0. The van der Waals surface area contributed by atoms with Gasteiger partial charge in [0.1, 0.15) is 0 Å². The van der Waals surface area contributed by atoms with Crippen LogP contribution in [0.4, 0.5) is 0 Å². The van der Waals surface area contributed by atoms with E-state index < -0.39 is 0 Å². The summed E-state index contributed by atoms with van der Waals surface area (Å²) in [6, 6.07) is 2.12. The van der Waals surface area contributed by atoms with Gasteiger partial charge in [-0.15, -0.1) is 11.3 Å². The van der Waals surface area contributed by atoms with Gasteiger partial charge in [-0.1, -0.05) is 0 Å². The van der Waals surface area contributed by atoms with E-state index in [1.54, 1.807) is 11.3 Å². The number of amides is 1. The number of hydrogen-bond donors (Lipinski definition) is 2. The van der Waals surface area contributed by atoms with Crippen LogP contribution < -0.4 is 10.6 Å². The fourth-order valence-corrected chi connectivity index (χ4v) is 3.14. The molecule has 1 fully saturated rings. The summed E-state index contributed by atoms with van der Waals surface area (Å²) in [6.45, 7) is 3.95. The van der Waals surface area contributed by atoms with Gasteiger partial charge in [-0.25, -0.2) is 0 Å². The molecule has 100 valence electrons. The smallest absolute Gasteiger partial charge is 0.220 e. The Morgan fingerprint density at radius 3 is 2.78 bits per heavy atom. The van der Waals surface area contributed by atoms with Gasteiger partial charge in [0.25, 0.3) is 0 Å². The monoisotopic (exact) mass is 266 g/mol. The molecule has 0 unspecified atom stereocenters. The van der Waals surface area contributed by atoms with Crippen LogP contribution >= 0.6 is 11.3 Å². The Hall–Kier alpha value is -0.870. The second-order valence-corrected chi connectivity index (χ2v) is 6.33. The summed E-state index contributed by atoms with van der Waals surface area (Å²) in [7, 11) is 1.97. The van der Waals surface area contributed by atoms with Gasteiger partial charge in [-0.2, -0.15) is 0 Å². The number of carbonyl (C=O) groups is 1. The first kappa shape index (κ1) is 13.6. The fraction of sp³-hybridized carbons (Fsp3) is 0.643. The lowest BCUT2D eigenvalue weighted by Crippen LogP contribution is -2.34. The van der Waals surface area contributed by atoms with Gasteiger partial charge in [0.2, 0.25) is 5.91 Å². The van der Waals surface area contributed by atoms with Gasteiger partial charge in [0.15, 0.2) is 0 Å². The van der Waals surface area contributed by atoms with Crippen LogP contribution in [0.3, 0.4) is 0 Å². The highest BCUT2D eigenvalue weighted by Crippen LogP contribution is 2.44. The maximum absolute atomic E-state index is 11.8. The van der Waals surface area contributed by atoms with Crippen molar-refractivity contribution in [2.75, 3.05) is 20.1 Å². The Balaban J connectivity index is 1.68. The molecule has 0 aliphatic heterocycles. The number of nitrogens with one attached hydrogen (secondary N) is 2. The molecule has 0 atom stereocenters. The van der Waals surface area contributed by atoms with Gasteiger partial charge in [0, 0.05) is 29.8 Å². The van der Waals surface area contributed by atoms with Crippen LogP contribution in [0.1, 0.15) is 29.7 Å². The van der Waals surface area contributed by atoms with Crippen LogP contribution in [0, 0.1) is 12.3 Å². The zero-order valence-corrected chi connectivity index (χ0v) is 12.0. The summed E-state index contributed by atoms with van der Waals surface area (Å²) in [5, 5.41) is 8.38. The third kappa shape index (κ3) is 3.56. The van der Waals surface area contributed by atoms with E-state index in [2.05, 4.69) is 29.0 Å². The summed E-state index contributed by atoms with van der Waals surface area (Å²) in [4.78, 5) is 13.1. The minimum atomic E-state index is 0.185. The van der Waals surface area contributed by atoms with Crippen molar-refractivity contribution >= 4 is 17.2 Å². The Kier molecular flexibility index (Phi) is 4.40. The summed E-state index contributed by atoms with van der Waals surface area (Å²) in [5.74, 6) is 0.185. The van der Waals surface area contributed by atoms with Crippen molar-refractivity contribution in [1.29, 1.82) is 0 Å². The number of hydrogen-bond acceptors (Lipinski definition) is 3. The number of carbonyl (C=O) groups excluding carboxylic acids is 1. The molecule has 0 spiro atoms. The first-order valence-electron chi connectivity index (χ1n) is 6.59. The number of aryl methyl sites for hydroxylation is 2. The largest absolute Gasteiger partial charge is 0.355 e. The molecule has 4 heteroatoms. The molecule has 1 aromatic heterocycles. The molecule has 0 aromatic carbocycles. The maximum Gasteiger partial charge on any atom is 0.220 e. The Labute approximate surface area is 113 Å². The molecule has 0 bridgehead atoms. The van der Waals surface area contributed by atoms with Crippen LogP contribution in [0.25, 0.3) is 0 Å². The lowest BCUT2D eigenvalue weighted by Gasteiger charge is -2.15. The SMILES string of the molecule is CNCC1(CNC(=O)CCc2sccc2C)CC1. The number of rotatable bonds is 7.